The minimum absolute atomic E-state index is 0.0197. The van der Waals surface area contributed by atoms with E-state index in [1.165, 1.54) is 12.4 Å². The van der Waals surface area contributed by atoms with Gasteiger partial charge in [0.2, 0.25) is 0 Å². The van der Waals surface area contributed by atoms with E-state index in [4.69, 9.17) is 0 Å². The van der Waals surface area contributed by atoms with E-state index in [1.807, 2.05) is 0 Å². The van der Waals surface area contributed by atoms with E-state index in [2.05, 4.69) is 9.97 Å². The summed E-state index contributed by atoms with van der Waals surface area (Å²) in [7, 11) is 0. The molecule has 2 radical (unpaired) electrons. The first kappa shape index (κ1) is 23.9. The Kier molecular flexibility index (Phi) is 5.01. The topological polar surface area (TPSA) is 124 Å². The summed E-state index contributed by atoms with van der Waals surface area (Å²) in [6.07, 6.45) is 2.95. The van der Waals surface area contributed by atoms with Crippen LogP contribution in [0.3, 0.4) is 0 Å². The number of hydrogen-bond acceptors (Lipinski definition) is 6. The highest BCUT2D eigenvalue weighted by molar-refractivity contribution is 5.96. The predicted molar refractivity (Wildman–Crippen MR) is 124 cm³/mol. The van der Waals surface area contributed by atoms with Crippen molar-refractivity contribution >= 4 is 11.7 Å². The SMILES string of the molecule is CC1(C)N([O])C(c2ccc(-c3ccc(C4=[N+]([O-])C(C)(C)C(C)(C)N4[O])cn3)nc2)=[N+]([O-])C1(C)C. The normalized spacial score (nSPS) is 22.6. The molecule has 10 heteroatoms. The number of aromatic nitrogens is 2. The second kappa shape index (κ2) is 7.13. The van der Waals surface area contributed by atoms with Crippen LogP contribution in [0.4, 0.5) is 0 Å². The van der Waals surface area contributed by atoms with Crippen molar-refractivity contribution in [1.29, 1.82) is 0 Å². The molecule has 0 saturated heterocycles. The Morgan fingerprint density at radius 3 is 1.18 bits per heavy atom. The van der Waals surface area contributed by atoms with E-state index in [9.17, 15) is 20.8 Å². The average Bonchev–Trinajstić information content (AvgIpc) is 2.98. The lowest BCUT2D eigenvalue weighted by Crippen LogP contribution is -2.53. The summed E-state index contributed by atoms with van der Waals surface area (Å²) in [6.45, 7) is 13.9. The summed E-state index contributed by atoms with van der Waals surface area (Å²) in [4.78, 5) is 8.79. The fraction of sp³-hybridized carbons (Fsp3) is 0.500. The third kappa shape index (κ3) is 2.94. The monoisotopic (exact) mass is 466 g/mol. The number of amidine groups is 2. The highest BCUT2D eigenvalue weighted by Gasteiger charge is 2.61. The van der Waals surface area contributed by atoms with Gasteiger partial charge in [-0.2, -0.15) is 0 Å². The Morgan fingerprint density at radius 1 is 0.647 bits per heavy atom. The molecule has 4 heterocycles. The molecule has 180 valence electrons. The molecule has 0 aliphatic carbocycles. The van der Waals surface area contributed by atoms with E-state index in [0.717, 1.165) is 19.6 Å². The van der Waals surface area contributed by atoms with Crippen LogP contribution in [0.2, 0.25) is 0 Å². The molecule has 2 aliphatic heterocycles. The van der Waals surface area contributed by atoms with Gasteiger partial charge < -0.3 is 10.4 Å². The maximum absolute atomic E-state index is 12.9. The van der Waals surface area contributed by atoms with Crippen LogP contribution in [0, 0.1) is 10.4 Å². The second-order valence-electron chi connectivity index (χ2n) is 10.9. The predicted octanol–water partition coefficient (Wildman–Crippen LogP) is 3.09. The summed E-state index contributed by atoms with van der Waals surface area (Å²) < 4.78 is 1.49. The van der Waals surface area contributed by atoms with Crippen LogP contribution in [-0.2, 0) is 10.4 Å². The van der Waals surface area contributed by atoms with E-state index in [-0.39, 0.29) is 11.7 Å². The average molecular weight is 467 g/mol. The molecule has 2 aliphatic rings. The fourth-order valence-electron chi connectivity index (χ4n) is 4.04. The first-order valence-corrected chi connectivity index (χ1v) is 11.1. The summed E-state index contributed by atoms with van der Waals surface area (Å²) in [5.41, 5.74) is -1.76. The van der Waals surface area contributed by atoms with Gasteiger partial charge >= 0.3 is 11.7 Å². The van der Waals surface area contributed by atoms with E-state index in [1.54, 1.807) is 79.7 Å². The molecule has 2 aromatic heterocycles. The second-order valence-corrected chi connectivity index (χ2v) is 10.9. The van der Waals surface area contributed by atoms with Crippen LogP contribution in [0.5, 0.6) is 0 Å². The Morgan fingerprint density at radius 2 is 0.971 bits per heavy atom. The number of pyridine rings is 2. The Hall–Kier alpha value is -3.24. The van der Waals surface area contributed by atoms with Crippen molar-refractivity contribution in [3.8, 4) is 11.4 Å². The molecule has 0 spiro atoms. The summed E-state index contributed by atoms with van der Waals surface area (Å²) in [5, 5.41) is 52.9. The molecule has 0 aromatic carbocycles. The Balaban J connectivity index is 1.64. The summed E-state index contributed by atoms with van der Waals surface area (Å²) >= 11 is 0. The lowest BCUT2D eigenvalue weighted by Gasteiger charge is -2.32. The van der Waals surface area contributed by atoms with Gasteiger partial charge in [-0.25, -0.2) is 0 Å². The van der Waals surface area contributed by atoms with Crippen LogP contribution in [0.1, 0.15) is 66.5 Å². The quantitative estimate of drug-likeness (QED) is 0.506. The number of nitrogens with zero attached hydrogens (tertiary/aromatic N) is 6. The number of hydroxylamine groups is 6. The molecule has 0 fully saturated rings. The van der Waals surface area contributed by atoms with Crippen molar-refractivity contribution in [3.05, 3.63) is 58.2 Å². The highest BCUT2D eigenvalue weighted by atomic mass is 16.5. The largest absolute Gasteiger partial charge is 0.714 e. The third-order valence-corrected chi connectivity index (χ3v) is 8.10. The first-order chi connectivity index (χ1) is 15.6. The molecule has 2 aromatic rings. The molecule has 0 amide bonds. The zero-order valence-corrected chi connectivity index (χ0v) is 20.8. The minimum Gasteiger partial charge on any atom is -0.714 e. The van der Waals surface area contributed by atoms with Crippen LogP contribution in [-0.4, -0.2) is 63.4 Å². The molecule has 10 nitrogen and oxygen atoms in total. The van der Waals surface area contributed by atoms with Crippen molar-refractivity contribution < 1.29 is 19.9 Å². The maximum atomic E-state index is 12.9. The van der Waals surface area contributed by atoms with Gasteiger partial charge in [0, 0.05) is 22.8 Å². The van der Waals surface area contributed by atoms with Gasteiger partial charge in [-0.05, 0) is 79.7 Å². The molecule has 0 atom stereocenters. The molecule has 0 N–H and O–H groups in total. The third-order valence-electron chi connectivity index (χ3n) is 8.10. The highest BCUT2D eigenvalue weighted by Crippen LogP contribution is 2.38. The number of rotatable bonds is 3. The Bertz CT molecular complexity index is 1100. The lowest BCUT2D eigenvalue weighted by molar-refractivity contribution is -0.539. The van der Waals surface area contributed by atoms with Crippen LogP contribution >= 0.6 is 0 Å². The van der Waals surface area contributed by atoms with Crippen molar-refractivity contribution in [2.75, 3.05) is 0 Å². The standard InChI is InChI=1S/C24H30N6O4/c1-21(2)22(3,4)28(32)19(27(21)31)15-9-11-17(25-13-15)18-12-10-16(14-26-18)20-29(33)23(5,6)24(7,8)30(20)34/h9-14H,1-8H3. The van der Waals surface area contributed by atoms with Crippen molar-refractivity contribution in [2.45, 2.75) is 77.5 Å². The van der Waals surface area contributed by atoms with E-state index < -0.39 is 22.2 Å². The smallest absolute Gasteiger partial charge is 0.318 e. The molecule has 4 rings (SSSR count). The molecule has 34 heavy (non-hydrogen) atoms. The van der Waals surface area contributed by atoms with Gasteiger partial charge in [0.1, 0.15) is 11.1 Å². The van der Waals surface area contributed by atoms with Gasteiger partial charge in [-0.3, -0.25) is 19.4 Å². The summed E-state index contributed by atoms with van der Waals surface area (Å²) in [6, 6.07) is 6.68. The van der Waals surface area contributed by atoms with Gasteiger partial charge in [0.15, 0.2) is 11.1 Å². The molecular weight excluding hydrogens is 436 g/mol. The molecule has 0 saturated carbocycles. The van der Waals surface area contributed by atoms with Crippen LogP contribution in [0.15, 0.2) is 36.7 Å². The number of hydrogen-bond donors (Lipinski definition) is 0. The summed E-state index contributed by atoms with van der Waals surface area (Å²) in [5.74, 6) is 0.0394. The first-order valence-electron chi connectivity index (χ1n) is 11.1. The zero-order valence-electron chi connectivity index (χ0n) is 20.8. The van der Waals surface area contributed by atoms with Crippen molar-refractivity contribution in [2.24, 2.45) is 0 Å². The lowest BCUT2D eigenvalue weighted by atomic mass is 9.84. The zero-order chi connectivity index (χ0) is 25.4. The maximum Gasteiger partial charge on any atom is 0.318 e. The van der Waals surface area contributed by atoms with Gasteiger partial charge in [0.25, 0.3) is 0 Å². The fourth-order valence-corrected chi connectivity index (χ4v) is 4.04. The van der Waals surface area contributed by atoms with Gasteiger partial charge in [-0.15, -0.1) is 0 Å². The van der Waals surface area contributed by atoms with Gasteiger partial charge in [0.05, 0.1) is 22.5 Å². The molecule has 0 unspecified atom stereocenters. The van der Waals surface area contributed by atoms with Gasteiger partial charge in [-0.1, -0.05) is 10.1 Å². The van der Waals surface area contributed by atoms with E-state index >= 15 is 0 Å². The van der Waals surface area contributed by atoms with Crippen molar-refractivity contribution in [1.82, 2.24) is 20.1 Å². The molecular formula is C24H30N6O4. The van der Waals surface area contributed by atoms with Crippen LogP contribution in [0.25, 0.3) is 11.4 Å². The van der Waals surface area contributed by atoms with E-state index in [0.29, 0.717) is 22.5 Å². The van der Waals surface area contributed by atoms with Crippen LogP contribution < -0.4 is 0 Å². The minimum atomic E-state index is -0.911. The molecule has 0 bridgehead atoms. The van der Waals surface area contributed by atoms with Crippen molar-refractivity contribution in [3.63, 3.8) is 0 Å². The Labute approximate surface area is 199 Å².